The topological polar surface area (TPSA) is 75.9 Å². The lowest BCUT2D eigenvalue weighted by Gasteiger charge is -2.34. The molecule has 7 heteroatoms. The summed E-state index contributed by atoms with van der Waals surface area (Å²) >= 11 is 0. The van der Waals surface area contributed by atoms with Gasteiger partial charge in [-0.3, -0.25) is 9.59 Å². The fourth-order valence-corrected chi connectivity index (χ4v) is 3.43. The van der Waals surface area contributed by atoms with Crippen molar-refractivity contribution in [1.29, 1.82) is 0 Å². The van der Waals surface area contributed by atoms with E-state index in [9.17, 15) is 9.59 Å². The number of nitrogens with zero attached hydrogens (tertiary/aromatic N) is 2. The van der Waals surface area contributed by atoms with Crippen LogP contribution in [0.25, 0.3) is 0 Å². The molecule has 1 fully saturated rings. The number of nitrogens with two attached hydrogens (primary N) is 1. The Kier molecular flexibility index (Phi) is 11.1. The van der Waals surface area contributed by atoms with Gasteiger partial charge in [0.05, 0.1) is 18.9 Å². The molecule has 1 aliphatic rings. The number of carbonyl (C=O) groups is 2. The van der Waals surface area contributed by atoms with Crippen LogP contribution >= 0.6 is 12.4 Å². The third-order valence-corrected chi connectivity index (χ3v) is 5.48. The van der Waals surface area contributed by atoms with E-state index < -0.39 is 0 Å². The van der Waals surface area contributed by atoms with Crippen molar-refractivity contribution in [2.75, 3.05) is 33.3 Å². The summed E-state index contributed by atoms with van der Waals surface area (Å²) < 4.78 is 5.62. The summed E-state index contributed by atoms with van der Waals surface area (Å²) in [4.78, 5) is 28.9. The number of piperidine rings is 1. The third-order valence-electron chi connectivity index (χ3n) is 5.48. The van der Waals surface area contributed by atoms with Gasteiger partial charge in [-0.25, -0.2) is 0 Å². The number of carbonyl (C=O) groups excluding carboxylic acids is 2. The Morgan fingerprint density at radius 3 is 2.62 bits per heavy atom. The molecule has 0 radical (unpaired) electrons. The molecule has 1 aromatic rings. The molecule has 2 unspecified atom stereocenters. The van der Waals surface area contributed by atoms with Crippen LogP contribution < -0.4 is 10.5 Å². The van der Waals surface area contributed by atoms with Gasteiger partial charge in [0.25, 0.3) is 0 Å². The summed E-state index contributed by atoms with van der Waals surface area (Å²) in [7, 11) is 1.84. The highest BCUT2D eigenvalue weighted by atomic mass is 35.5. The summed E-state index contributed by atoms with van der Waals surface area (Å²) in [6.07, 6.45) is 2.83. The number of likely N-dealkylation sites (tertiary alicyclic amines) is 1. The Balaban J connectivity index is 0.00000420. The number of para-hydroxylation sites is 1. The zero-order chi connectivity index (χ0) is 20.5. The Bertz CT molecular complexity index is 627. The molecule has 1 saturated heterocycles. The molecular formula is C22H36ClN3O3. The van der Waals surface area contributed by atoms with E-state index >= 15 is 0 Å². The van der Waals surface area contributed by atoms with Gasteiger partial charge in [-0.1, -0.05) is 32.0 Å². The van der Waals surface area contributed by atoms with Crippen LogP contribution in [0.2, 0.25) is 0 Å². The van der Waals surface area contributed by atoms with Gasteiger partial charge >= 0.3 is 0 Å². The summed E-state index contributed by atoms with van der Waals surface area (Å²) in [5, 5.41) is 0. The molecule has 164 valence electrons. The lowest BCUT2D eigenvalue weighted by molar-refractivity contribution is -0.140. The number of halogens is 1. The van der Waals surface area contributed by atoms with Crippen molar-refractivity contribution in [2.45, 2.75) is 45.6 Å². The average Bonchev–Trinajstić information content (AvgIpc) is 2.71. The van der Waals surface area contributed by atoms with Crippen LogP contribution in [0.3, 0.4) is 0 Å². The van der Waals surface area contributed by atoms with E-state index in [4.69, 9.17) is 10.5 Å². The fraction of sp³-hybridized carbons (Fsp3) is 0.636. The molecule has 0 spiro atoms. The second-order valence-corrected chi connectivity index (χ2v) is 8.05. The normalized spacial score (nSPS) is 17.4. The summed E-state index contributed by atoms with van der Waals surface area (Å²) in [6, 6.07) is 9.59. The van der Waals surface area contributed by atoms with Crippen LogP contribution in [0.5, 0.6) is 5.75 Å². The fourth-order valence-electron chi connectivity index (χ4n) is 3.43. The van der Waals surface area contributed by atoms with Gasteiger partial charge < -0.3 is 20.3 Å². The number of ether oxygens (including phenoxy) is 1. The molecule has 0 bridgehead atoms. The maximum atomic E-state index is 12.8. The lowest BCUT2D eigenvalue weighted by atomic mass is 9.96. The van der Waals surface area contributed by atoms with Crippen molar-refractivity contribution >= 4 is 24.2 Å². The van der Waals surface area contributed by atoms with Gasteiger partial charge in [-0.05, 0) is 37.3 Å². The molecule has 1 aliphatic heterocycles. The standard InChI is InChI=1S/C22H35N3O3.ClH/c1-17(2)20(23)11-14-24(3)22(27)18-8-7-13-25(16-18)21(26)12-15-28-19-9-5-4-6-10-19;/h4-6,9-10,17-18,20H,7-8,11-16,23H2,1-3H3;1H. The number of amides is 2. The van der Waals surface area contributed by atoms with Gasteiger partial charge in [0, 0.05) is 32.7 Å². The maximum absolute atomic E-state index is 12.8. The van der Waals surface area contributed by atoms with E-state index in [2.05, 4.69) is 13.8 Å². The van der Waals surface area contributed by atoms with Crippen LogP contribution in [-0.4, -0.2) is 60.9 Å². The number of hydrogen-bond acceptors (Lipinski definition) is 4. The number of rotatable bonds is 9. The van der Waals surface area contributed by atoms with E-state index in [0.29, 0.717) is 32.0 Å². The highest BCUT2D eigenvalue weighted by molar-refractivity contribution is 5.85. The van der Waals surface area contributed by atoms with Gasteiger partial charge in [0.2, 0.25) is 11.8 Å². The molecule has 2 N–H and O–H groups in total. The summed E-state index contributed by atoms with van der Waals surface area (Å²) in [5.74, 6) is 1.23. The van der Waals surface area contributed by atoms with Crippen LogP contribution in [-0.2, 0) is 9.59 Å². The molecule has 2 amide bonds. The van der Waals surface area contributed by atoms with Crippen LogP contribution in [0, 0.1) is 11.8 Å². The molecule has 2 rings (SSSR count). The minimum atomic E-state index is -0.118. The first-order valence-electron chi connectivity index (χ1n) is 10.3. The van der Waals surface area contributed by atoms with E-state index in [1.807, 2.05) is 42.3 Å². The first kappa shape index (κ1) is 25.2. The molecule has 1 heterocycles. The molecule has 0 saturated carbocycles. The second kappa shape index (κ2) is 12.7. The first-order valence-corrected chi connectivity index (χ1v) is 10.3. The zero-order valence-electron chi connectivity index (χ0n) is 17.9. The molecule has 2 atom stereocenters. The third kappa shape index (κ3) is 8.23. The largest absolute Gasteiger partial charge is 0.493 e. The molecule has 1 aromatic carbocycles. The Labute approximate surface area is 181 Å². The van der Waals surface area contributed by atoms with E-state index in [1.165, 1.54) is 0 Å². The lowest BCUT2D eigenvalue weighted by Crippen LogP contribution is -2.46. The monoisotopic (exact) mass is 425 g/mol. The van der Waals surface area contributed by atoms with Gasteiger partial charge in [-0.2, -0.15) is 0 Å². The SMILES string of the molecule is CC(C)C(N)CCN(C)C(=O)C1CCCN(C(=O)CCOc2ccccc2)C1.Cl. The maximum Gasteiger partial charge on any atom is 0.227 e. The highest BCUT2D eigenvalue weighted by Gasteiger charge is 2.30. The van der Waals surface area contributed by atoms with Crippen molar-refractivity contribution in [3.05, 3.63) is 30.3 Å². The van der Waals surface area contributed by atoms with Gasteiger partial charge in [0.15, 0.2) is 0 Å². The smallest absolute Gasteiger partial charge is 0.227 e. The van der Waals surface area contributed by atoms with Crippen molar-refractivity contribution in [1.82, 2.24) is 9.80 Å². The Morgan fingerprint density at radius 2 is 1.97 bits per heavy atom. The van der Waals surface area contributed by atoms with E-state index in [0.717, 1.165) is 31.6 Å². The second-order valence-electron chi connectivity index (χ2n) is 8.05. The minimum absolute atomic E-state index is 0. The van der Waals surface area contributed by atoms with Crippen molar-refractivity contribution in [2.24, 2.45) is 17.6 Å². The van der Waals surface area contributed by atoms with Gasteiger partial charge in [0.1, 0.15) is 5.75 Å². The molecule has 0 aromatic heterocycles. The number of hydrogen-bond donors (Lipinski definition) is 1. The first-order chi connectivity index (χ1) is 13.4. The highest BCUT2D eigenvalue weighted by Crippen LogP contribution is 2.20. The summed E-state index contributed by atoms with van der Waals surface area (Å²) in [6.45, 7) is 6.43. The molecule has 6 nitrogen and oxygen atoms in total. The van der Waals surface area contributed by atoms with Crippen LogP contribution in [0.15, 0.2) is 30.3 Å². The summed E-state index contributed by atoms with van der Waals surface area (Å²) in [5.41, 5.74) is 6.09. The predicted molar refractivity (Wildman–Crippen MR) is 118 cm³/mol. The van der Waals surface area contributed by atoms with Crippen molar-refractivity contribution < 1.29 is 14.3 Å². The molecular weight excluding hydrogens is 390 g/mol. The molecule has 0 aliphatic carbocycles. The zero-order valence-corrected chi connectivity index (χ0v) is 18.7. The quantitative estimate of drug-likeness (QED) is 0.659. The molecule has 29 heavy (non-hydrogen) atoms. The van der Waals surface area contributed by atoms with Crippen molar-refractivity contribution in [3.63, 3.8) is 0 Å². The predicted octanol–water partition coefficient (Wildman–Crippen LogP) is 2.95. The van der Waals surface area contributed by atoms with Crippen molar-refractivity contribution in [3.8, 4) is 5.75 Å². The van der Waals surface area contributed by atoms with E-state index in [1.54, 1.807) is 4.90 Å². The average molecular weight is 426 g/mol. The van der Waals surface area contributed by atoms with Crippen LogP contribution in [0.4, 0.5) is 0 Å². The van der Waals surface area contributed by atoms with Gasteiger partial charge in [-0.15, -0.1) is 12.4 Å². The minimum Gasteiger partial charge on any atom is -0.493 e. The van der Waals surface area contributed by atoms with E-state index in [-0.39, 0.29) is 36.2 Å². The Morgan fingerprint density at radius 1 is 1.28 bits per heavy atom. The van der Waals surface area contributed by atoms with Crippen LogP contribution in [0.1, 0.15) is 39.5 Å². The number of benzene rings is 1. The Hall–Kier alpha value is -1.79.